The molecule has 2 aromatic rings. The van der Waals surface area contributed by atoms with E-state index >= 15 is 0 Å². The maximum absolute atomic E-state index is 12.7. The molecule has 0 radical (unpaired) electrons. The summed E-state index contributed by atoms with van der Waals surface area (Å²) in [7, 11) is 0. The number of halogens is 3. The minimum Gasteiger partial charge on any atom is -0.345 e. The van der Waals surface area contributed by atoms with Crippen LogP contribution in [0.5, 0.6) is 0 Å². The Kier molecular flexibility index (Phi) is 4.34. The number of hydrogen-bond acceptors (Lipinski definition) is 5. The Balaban J connectivity index is 2.10. The first-order chi connectivity index (χ1) is 10.3. The molecule has 0 aliphatic rings. The average Bonchev–Trinajstić information content (AvgIpc) is 2.44. The number of hydrogen-bond donors (Lipinski definition) is 1. The van der Waals surface area contributed by atoms with E-state index in [9.17, 15) is 18.0 Å². The van der Waals surface area contributed by atoms with Crippen LogP contribution in [-0.4, -0.2) is 25.8 Å². The summed E-state index contributed by atoms with van der Waals surface area (Å²) in [5.41, 5.74) is -0.664. The number of nitrogens with zero attached hydrogens (tertiary/aromatic N) is 4. The maximum atomic E-state index is 12.7. The third-order valence-electron chi connectivity index (χ3n) is 2.64. The molecule has 0 aliphatic carbocycles. The Labute approximate surface area is 123 Å². The van der Waals surface area contributed by atoms with Crippen molar-refractivity contribution in [3.05, 3.63) is 47.1 Å². The first-order valence-electron chi connectivity index (χ1n) is 6.24. The number of carbonyl (C=O) groups excluding carboxylic acids is 1. The van der Waals surface area contributed by atoms with Gasteiger partial charge in [-0.25, -0.2) is 19.9 Å². The minimum absolute atomic E-state index is 0.117. The summed E-state index contributed by atoms with van der Waals surface area (Å²) >= 11 is 0. The zero-order valence-electron chi connectivity index (χ0n) is 11.8. The summed E-state index contributed by atoms with van der Waals surface area (Å²) in [4.78, 5) is 26.8. The van der Waals surface area contributed by atoms with Gasteiger partial charge in [0, 0.05) is 18.1 Å². The monoisotopic (exact) mass is 311 g/mol. The zero-order chi connectivity index (χ0) is 16.3. The maximum Gasteiger partial charge on any atom is 0.433 e. The van der Waals surface area contributed by atoms with E-state index in [0.29, 0.717) is 5.82 Å². The molecule has 0 fully saturated rings. The van der Waals surface area contributed by atoms with E-state index < -0.39 is 17.8 Å². The number of amides is 1. The highest BCUT2D eigenvalue weighted by Crippen LogP contribution is 2.27. The molecule has 0 spiro atoms. The normalized spacial score (nSPS) is 11.3. The van der Waals surface area contributed by atoms with E-state index in [-0.39, 0.29) is 23.6 Å². The summed E-state index contributed by atoms with van der Waals surface area (Å²) < 4.78 is 38.0. The third kappa shape index (κ3) is 3.96. The lowest BCUT2D eigenvalue weighted by Gasteiger charge is -2.09. The number of rotatable bonds is 3. The van der Waals surface area contributed by atoms with Crippen LogP contribution in [0.25, 0.3) is 0 Å². The van der Waals surface area contributed by atoms with Crippen molar-refractivity contribution in [3.8, 4) is 0 Å². The van der Waals surface area contributed by atoms with Crippen LogP contribution in [0.4, 0.5) is 13.2 Å². The van der Waals surface area contributed by atoms with Crippen LogP contribution in [0, 0.1) is 13.8 Å². The number of alkyl halides is 3. The molecular weight excluding hydrogens is 299 g/mol. The Morgan fingerprint density at radius 3 is 2.41 bits per heavy atom. The number of carbonyl (C=O) groups is 1. The molecule has 1 N–H and O–H groups in total. The van der Waals surface area contributed by atoms with Crippen molar-refractivity contribution in [2.75, 3.05) is 0 Å². The van der Waals surface area contributed by atoms with Gasteiger partial charge in [0.05, 0.1) is 12.1 Å². The van der Waals surface area contributed by atoms with Crippen LogP contribution in [0.2, 0.25) is 0 Å². The second kappa shape index (κ2) is 6.04. The molecule has 116 valence electrons. The van der Waals surface area contributed by atoms with Gasteiger partial charge in [-0.3, -0.25) is 4.79 Å². The molecule has 2 heterocycles. The highest BCUT2D eigenvalue weighted by Gasteiger charge is 2.33. The SMILES string of the molecule is Cc1cc(C(F)(F)F)nc(CNC(=O)c2cnc(C)nc2)n1. The van der Waals surface area contributed by atoms with Crippen molar-refractivity contribution in [1.29, 1.82) is 0 Å². The topological polar surface area (TPSA) is 80.7 Å². The van der Waals surface area contributed by atoms with Crippen LogP contribution in [-0.2, 0) is 12.7 Å². The quantitative estimate of drug-likeness (QED) is 0.935. The van der Waals surface area contributed by atoms with Crippen molar-refractivity contribution < 1.29 is 18.0 Å². The fourth-order valence-corrected chi connectivity index (χ4v) is 1.63. The smallest absolute Gasteiger partial charge is 0.345 e. The minimum atomic E-state index is -4.56. The second-order valence-corrected chi connectivity index (χ2v) is 4.51. The summed E-state index contributed by atoms with van der Waals surface area (Å²) in [5, 5.41) is 2.43. The predicted molar refractivity (Wildman–Crippen MR) is 69.7 cm³/mol. The number of nitrogens with one attached hydrogen (secondary N) is 1. The van der Waals surface area contributed by atoms with Gasteiger partial charge in [0.1, 0.15) is 17.3 Å². The lowest BCUT2D eigenvalue weighted by Crippen LogP contribution is -2.25. The molecule has 2 rings (SSSR count). The standard InChI is InChI=1S/C13H12F3N5O/c1-7-3-10(13(14,15)16)21-11(20-7)6-19-12(22)9-4-17-8(2)18-5-9/h3-5H,6H2,1-2H3,(H,19,22). The highest BCUT2D eigenvalue weighted by molar-refractivity contribution is 5.93. The molecule has 2 aromatic heterocycles. The van der Waals surface area contributed by atoms with Gasteiger partial charge in [0.15, 0.2) is 0 Å². The largest absolute Gasteiger partial charge is 0.433 e. The fourth-order valence-electron chi connectivity index (χ4n) is 1.63. The van der Waals surface area contributed by atoms with Gasteiger partial charge in [-0.2, -0.15) is 13.2 Å². The molecule has 22 heavy (non-hydrogen) atoms. The Bertz CT molecular complexity index is 685. The van der Waals surface area contributed by atoms with E-state index in [1.807, 2.05) is 0 Å². The van der Waals surface area contributed by atoms with Crippen molar-refractivity contribution in [1.82, 2.24) is 25.3 Å². The summed E-state index contributed by atoms with van der Waals surface area (Å²) in [6.45, 7) is 2.87. The Morgan fingerprint density at radius 2 is 1.82 bits per heavy atom. The van der Waals surface area contributed by atoms with Crippen LogP contribution < -0.4 is 5.32 Å². The van der Waals surface area contributed by atoms with Crippen molar-refractivity contribution in [3.63, 3.8) is 0 Å². The van der Waals surface area contributed by atoms with Crippen LogP contribution in [0.3, 0.4) is 0 Å². The molecular formula is C13H12F3N5O. The molecule has 0 aromatic carbocycles. The molecule has 0 unspecified atom stereocenters. The van der Waals surface area contributed by atoms with E-state index in [1.165, 1.54) is 19.3 Å². The zero-order valence-corrected chi connectivity index (χ0v) is 11.8. The summed E-state index contributed by atoms with van der Waals surface area (Å²) in [6, 6.07) is 0.846. The Morgan fingerprint density at radius 1 is 1.18 bits per heavy atom. The average molecular weight is 311 g/mol. The summed E-state index contributed by atoms with van der Waals surface area (Å²) in [6.07, 6.45) is -1.90. The van der Waals surface area contributed by atoms with Gasteiger partial charge < -0.3 is 5.32 Å². The first-order valence-corrected chi connectivity index (χ1v) is 6.24. The molecule has 6 nitrogen and oxygen atoms in total. The highest BCUT2D eigenvalue weighted by atomic mass is 19.4. The molecule has 0 atom stereocenters. The predicted octanol–water partition coefficient (Wildman–Crippen LogP) is 1.83. The molecule has 0 bridgehead atoms. The van der Waals surface area contributed by atoms with Gasteiger partial charge in [0.25, 0.3) is 5.91 Å². The molecule has 9 heteroatoms. The van der Waals surface area contributed by atoms with Gasteiger partial charge >= 0.3 is 6.18 Å². The van der Waals surface area contributed by atoms with Gasteiger partial charge in [-0.1, -0.05) is 0 Å². The van der Waals surface area contributed by atoms with Crippen LogP contribution in [0.1, 0.15) is 33.4 Å². The Hall–Kier alpha value is -2.58. The van der Waals surface area contributed by atoms with Gasteiger partial charge in [-0.15, -0.1) is 0 Å². The van der Waals surface area contributed by atoms with Gasteiger partial charge in [0.2, 0.25) is 0 Å². The van der Waals surface area contributed by atoms with Crippen LogP contribution in [0.15, 0.2) is 18.5 Å². The van der Waals surface area contributed by atoms with Crippen molar-refractivity contribution in [2.45, 2.75) is 26.6 Å². The first kappa shape index (κ1) is 15.8. The van der Waals surface area contributed by atoms with Gasteiger partial charge in [-0.05, 0) is 19.9 Å². The number of aromatic nitrogens is 4. The van der Waals surface area contributed by atoms with E-state index in [1.54, 1.807) is 6.92 Å². The molecule has 1 amide bonds. The van der Waals surface area contributed by atoms with E-state index in [0.717, 1.165) is 6.07 Å². The van der Waals surface area contributed by atoms with E-state index in [4.69, 9.17) is 0 Å². The lowest BCUT2D eigenvalue weighted by molar-refractivity contribution is -0.141. The second-order valence-electron chi connectivity index (χ2n) is 4.51. The molecule has 0 saturated carbocycles. The fraction of sp³-hybridized carbons (Fsp3) is 0.308. The summed E-state index contributed by atoms with van der Waals surface area (Å²) in [5.74, 6) is -0.124. The van der Waals surface area contributed by atoms with Crippen LogP contribution >= 0.6 is 0 Å². The van der Waals surface area contributed by atoms with Crippen molar-refractivity contribution in [2.24, 2.45) is 0 Å². The lowest BCUT2D eigenvalue weighted by atomic mass is 10.3. The number of aryl methyl sites for hydroxylation is 2. The molecule has 0 aliphatic heterocycles. The van der Waals surface area contributed by atoms with E-state index in [2.05, 4.69) is 25.3 Å². The molecule has 0 saturated heterocycles. The third-order valence-corrected chi connectivity index (χ3v) is 2.64. The van der Waals surface area contributed by atoms with Crippen molar-refractivity contribution >= 4 is 5.91 Å².